The maximum Gasteiger partial charge on any atom is 0.226 e. The summed E-state index contributed by atoms with van der Waals surface area (Å²) in [5.41, 5.74) is 3.03. The normalized spacial score (nSPS) is 10.7. The molecule has 0 aliphatic heterocycles. The molecule has 106 valence electrons. The van der Waals surface area contributed by atoms with Crippen molar-refractivity contribution < 1.29 is 4.42 Å². The predicted octanol–water partition coefficient (Wildman–Crippen LogP) is 4.19. The van der Waals surface area contributed by atoms with Gasteiger partial charge in [0.2, 0.25) is 5.89 Å². The van der Waals surface area contributed by atoms with Crippen molar-refractivity contribution in [2.45, 2.75) is 0 Å². The molecule has 22 heavy (non-hydrogen) atoms. The zero-order chi connectivity index (χ0) is 14.8. The van der Waals surface area contributed by atoms with Crippen LogP contribution < -0.4 is 0 Å². The van der Waals surface area contributed by atoms with Gasteiger partial charge in [-0.2, -0.15) is 0 Å². The average molecular weight is 287 g/mol. The maximum atomic E-state index is 5.86. The molecule has 4 heteroatoms. The first-order chi connectivity index (χ1) is 10.9. The zero-order valence-electron chi connectivity index (χ0n) is 11.8. The molecule has 2 aromatic heterocycles. The number of benzene rings is 2. The first-order valence-corrected chi connectivity index (χ1v) is 7.00. The van der Waals surface area contributed by atoms with E-state index < -0.39 is 0 Å². The van der Waals surface area contributed by atoms with Crippen LogP contribution in [0, 0.1) is 0 Å². The zero-order valence-corrected chi connectivity index (χ0v) is 11.8. The minimum absolute atomic E-state index is 0.621. The number of nitrogens with zero attached hydrogens (tertiary/aromatic N) is 3. The first-order valence-electron chi connectivity index (χ1n) is 7.00. The predicted molar refractivity (Wildman–Crippen MR) is 84.5 cm³/mol. The molecule has 0 N–H and O–H groups in total. The van der Waals surface area contributed by atoms with Crippen LogP contribution in [0.15, 0.2) is 83.9 Å². The summed E-state index contributed by atoms with van der Waals surface area (Å²) >= 11 is 0. The third-order valence-electron chi connectivity index (χ3n) is 3.48. The van der Waals surface area contributed by atoms with Crippen molar-refractivity contribution >= 4 is 0 Å². The van der Waals surface area contributed by atoms with Gasteiger partial charge in [-0.1, -0.05) is 30.3 Å². The van der Waals surface area contributed by atoms with E-state index >= 15 is 0 Å². The number of oxazole rings is 1. The smallest absolute Gasteiger partial charge is 0.226 e. The Balaban J connectivity index is 1.64. The topological polar surface area (TPSA) is 43.9 Å². The Morgan fingerprint density at radius 1 is 0.864 bits per heavy atom. The molecule has 4 rings (SSSR count). The van der Waals surface area contributed by atoms with Gasteiger partial charge in [0, 0.05) is 29.2 Å². The van der Waals surface area contributed by atoms with Crippen molar-refractivity contribution in [2.24, 2.45) is 0 Å². The Morgan fingerprint density at radius 2 is 1.68 bits per heavy atom. The van der Waals surface area contributed by atoms with Gasteiger partial charge in [0.15, 0.2) is 5.76 Å². The number of rotatable bonds is 3. The molecule has 0 radical (unpaired) electrons. The molecule has 0 saturated carbocycles. The third kappa shape index (κ3) is 2.31. The molecule has 0 aliphatic carbocycles. The van der Waals surface area contributed by atoms with E-state index in [4.69, 9.17) is 4.42 Å². The van der Waals surface area contributed by atoms with Crippen molar-refractivity contribution in [1.29, 1.82) is 0 Å². The second-order valence-electron chi connectivity index (χ2n) is 4.91. The molecule has 0 saturated heterocycles. The minimum Gasteiger partial charge on any atom is -0.436 e. The number of hydrogen-bond donors (Lipinski definition) is 0. The lowest BCUT2D eigenvalue weighted by molar-refractivity contribution is 0.589. The quantitative estimate of drug-likeness (QED) is 0.567. The summed E-state index contributed by atoms with van der Waals surface area (Å²) in [6.45, 7) is 0. The maximum absolute atomic E-state index is 5.86. The number of aromatic nitrogens is 3. The van der Waals surface area contributed by atoms with Gasteiger partial charge in [0.1, 0.15) is 0 Å². The van der Waals surface area contributed by atoms with E-state index in [1.807, 2.05) is 65.4 Å². The van der Waals surface area contributed by atoms with E-state index in [0.717, 1.165) is 22.6 Å². The lowest BCUT2D eigenvalue weighted by Crippen LogP contribution is -1.89. The van der Waals surface area contributed by atoms with E-state index in [1.165, 1.54) is 0 Å². The SMILES string of the molecule is c1ccc(-c2cnc(-c3ccc(-n4ccnc4)cc3)o2)cc1. The number of hydrogen-bond acceptors (Lipinski definition) is 3. The fraction of sp³-hybridized carbons (Fsp3) is 0. The van der Waals surface area contributed by atoms with Crippen LogP contribution in [0.5, 0.6) is 0 Å². The Bertz CT molecular complexity index is 862. The van der Waals surface area contributed by atoms with Crippen molar-refractivity contribution in [3.63, 3.8) is 0 Å². The summed E-state index contributed by atoms with van der Waals surface area (Å²) in [4.78, 5) is 8.42. The Morgan fingerprint density at radius 3 is 2.41 bits per heavy atom. The van der Waals surface area contributed by atoms with E-state index in [-0.39, 0.29) is 0 Å². The molecule has 0 unspecified atom stereocenters. The van der Waals surface area contributed by atoms with Gasteiger partial charge in [0.05, 0.1) is 12.5 Å². The monoisotopic (exact) mass is 287 g/mol. The van der Waals surface area contributed by atoms with Crippen molar-refractivity contribution in [3.8, 4) is 28.5 Å². The van der Waals surface area contributed by atoms with Crippen LogP contribution in [-0.2, 0) is 0 Å². The van der Waals surface area contributed by atoms with Gasteiger partial charge in [-0.3, -0.25) is 0 Å². The molecule has 4 nitrogen and oxygen atoms in total. The highest BCUT2D eigenvalue weighted by atomic mass is 16.4. The molecule has 0 spiro atoms. The molecule has 0 atom stereocenters. The molecule has 2 aromatic carbocycles. The standard InChI is InChI=1S/C18H13N3O/c1-2-4-14(5-3-1)17-12-20-18(22-17)15-6-8-16(9-7-15)21-11-10-19-13-21/h1-13H. The van der Waals surface area contributed by atoms with Gasteiger partial charge < -0.3 is 8.98 Å². The molecule has 0 fully saturated rings. The van der Waals surface area contributed by atoms with Crippen LogP contribution in [0.25, 0.3) is 28.5 Å². The van der Waals surface area contributed by atoms with Crippen LogP contribution in [0.1, 0.15) is 0 Å². The average Bonchev–Trinajstić information content (AvgIpc) is 3.28. The van der Waals surface area contributed by atoms with Gasteiger partial charge in [-0.25, -0.2) is 9.97 Å². The summed E-state index contributed by atoms with van der Waals surface area (Å²) in [5, 5.41) is 0. The second kappa shape index (κ2) is 5.33. The van der Waals surface area contributed by atoms with Crippen LogP contribution in [-0.4, -0.2) is 14.5 Å². The highest BCUT2D eigenvalue weighted by molar-refractivity contribution is 5.61. The van der Waals surface area contributed by atoms with Gasteiger partial charge in [0.25, 0.3) is 0 Å². The van der Waals surface area contributed by atoms with Crippen molar-refractivity contribution in [1.82, 2.24) is 14.5 Å². The summed E-state index contributed by atoms with van der Waals surface area (Å²) < 4.78 is 7.81. The summed E-state index contributed by atoms with van der Waals surface area (Å²) in [7, 11) is 0. The Labute approximate surface area is 127 Å². The molecule has 2 heterocycles. The first kappa shape index (κ1) is 12.6. The van der Waals surface area contributed by atoms with Crippen LogP contribution >= 0.6 is 0 Å². The largest absolute Gasteiger partial charge is 0.436 e. The van der Waals surface area contributed by atoms with Gasteiger partial charge >= 0.3 is 0 Å². The Hall–Kier alpha value is -3.14. The van der Waals surface area contributed by atoms with Gasteiger partial charge in [-0.15, -0.1) is 0 Å². The summed E-state index contributed by atoms with van der Waals surface area (Å²) in [6, 6.07) is 18.0. The van der Waals surface area contributed by atoms with Crippen LogP contribution in [0.2, 0.25) is 0 Å². The van der Waals surface area contributed by atoms with E-state index in [0.29, 0.717) is 5.89 Å². The third-order valence-corrected chi connectivity index (χ3v) is 3.48. The van der Waals surface area contributed by atoms with Crippen LogP contribution in [0.3, 0.4) is 0 Å². The lowest BCUT2D eigenvalue weighted by Gasteiger charge is -2.02. The number of imidazole rings is 1. The molecular weight excluding hydrogens is 274 g/mol. The fourth-order valence-corrected chi connectivity index (χ4v) is 2.33. The second-order valence-corrected chi connectivity index (χ2v) is 4.91. The fourth-order valence-electron chi connectivity index (χ4n) is 2.33. The van der Waals surface area contributed by atoms with Crippen LogP contribution in [0.4, 0.5) is 0 Å². The highest BCUT2D eigenvalue weighted by Gasteiger charge is 2.08. The molecule has 0 amide bonds. The molecule has 0 aliphatic rings. The summed E-state index contributed by atoms with van der Waals surface area (Å²) in [6.07, 6.45) is 7.20. The van der Waals surface area contributed by atoms with Crippen molar-refractivity contribution in [2.75, 3.05) is 0 Å². The Kier molecular flexibility index (Phi) is 3.05. The summed E-state index contributed by atoms with van der Waals surface area (Å²) in [5.74, 6) is 1.39. The molecule has 4 aromatic rings. The van der Waals surface area contributed by atoms with E-state index in [9.17, 15) is 0 Å². The highest BCUT2D eigenvalue weighted by Crippen LogP contribution is 2.26. The van der Waals surface area contributed by atoms with E-state index in [2.05, 4.69) is 9.97 Å². The van der Waals surface area contributed by atoms with Crippen molar-refractivity contribution in [3.05, 3.63) is 79.5 Å². The molecular formula is C18H13N3O. The molecule has 0 bridgehead atoms. The van der Waals surface area contributed by atoms with E-state index in [1.54, 1.807) is 18.7 Å². The minimum atomic E-state index is 0.621. The lowest BCUT2D eigenvalue weighted by atomic mass is 10.2. The van der Waals surface area contributed by atoms with Gasteiger partial charge in [-0.05, 0) is 24.3 Å².